The summed E-state index contributed by atoms with van der Waals surface area (Å²) in [5.41, 5.74) is 0. The first-order valence-electron chi connectivity index (χ1n) is 20.9. The number of carbonyl (C=O) groups excluding carboxylic acids is 2. The number of carboxylic acids is 1. The van der Waals surface area contributed by atoms with E-state index < -0.39 is 57.6 Å². The molecule has 12 heteroatoms. The Morgan fingerprint density at radius 1 is 0.604 bits per heavy atom. The van der Waals surface area contributed by atoms with Gasteiger partial charge < -0.3 is 25.2 Å². The average molecular weight is 774 g/mol. The maximum Gasteiger partial charge on any atom is 0.472 e. The van der Waals surface area contributed by atoms with E-state index in [9.17, 15) is 34.1 Å². The van der Waals surface area contributed by atoms with E-state index in [-0.39, 0.29) is 12.8 Å². The monoisotopic (exact) mass is 774 g/mol. The molecule has 0 spiro atoms. The molecule has 0 aromatic heterocycles. The van der Waals surface area contributed by atoms with Gasteiger partial charge in [-0.1, -0.05) is 154 Å². The summed E-state index contributed by atoms with van der Waals surface area (Å²) < 4.78 is 26.8. The fourth-order valence-corrected chi connectivity index (χ4v) is 6.47. The van der Waals surface area contributed by atoms with Crippen LogP contribution in [0.3, 0.4) is 0 Å². The number of allylic oxidation sites excluding steroid dienone is 4. The summed E-state index contributed by atoms with van der Waals surface area (Å²) in [6.07, 6.45) is 36.4. The lowest BCUT2D eigenvalue weighted by Gasteiger charge is -2.18. The van der Waals surface area contributed by atoms with Gasteiger partial charge in [0.2, 0.25) is 5.91 Å². The molecular formula is C41H76NO10P. The fourth-order valence-electron chi connectivity index (χ4n) is 5.70. The minimum absolute atomic E-state index is 0.148. The molecule has 53 heavy (non-hydrogen) atoms. The number of carboxylic acid groups (broad SMARTS) is 1. The summed E-state index contributed by atoms with van der Waals surface area (Å²) in [6.45, 7) is 2.54. The van der Waals surface area contributed by atoms with Crippen molar-refractivity contribution in [1.82, 2.24) is 5.32 Å². The molecule has 3 unspecified atom stereocenters. The average Bonchev–Trinajstić information content (AvgIpc) is 3.13. The number of amides is 1. The second kappa shape index (κ2) is 36.9. The van der Waals surface area contributed by atoms with Gasteiger partial charge in [0, 0.05) is 12.8 Å². The smallest absolute Gasteiger partial charge is 0.472 e. The Morgan fingerprint density at radius 2 is 1.04 bits per heavy atom. The molecule has 4 N–H and O–H groups in total. The van der Waals surface area contributed by atoms with Crippen LogP contribution in [0.4, 0.5) is 0 Å². The van der Waals surface area contributed by atoms with Gasteiger partial charge in [0.15, 0.2) is 6.04 Å². The number of hydrogen-bond acceptors (Lipinski definition) is 8. The molecule has 0 radical (unpaired) electrons. The van der Waals surface area contributed by atoms with Gasteiger partial charge in [0.05, 0.1) is 13.2 Å². The molecular weight excluding hydrogens is 697 g/mol. The zero-order valence-corrected chi connectivity index (χ0v) is 34.2. The van der Waals surface area contributed by atoms with Crippen molar-refractivity contribution in [2.75, 3.05) is 19.8 Å². The Labute approximate surface area is 321 Å². The van der Waals surface area contributed by atoms with Crippen molar-refractivity contribution in [3.05, 3.63) is 24.3 Å². The third kappa shape index (κ3) is 36.7. The van der Waals surface area contributed by atoms with Crippen LogP contribution in [0.5, 0.6) is 0 Å². The first-order valence-corrected chi connectivity index (χ1v) is 22.4. The zero-order valence-electron chi connectivity index (χ0n) is 33.3. The minimum Gasteiger partial charge on any atom is -0.480 e. The van der Waals surface area contributed by atoms with Crippen LogP contribution < -0.4 is 5.32 Å². The highest BCUT2D eigenvalue weighted by Crippen LogP contribution is 2.43. The fraction of sp³-hybridized carbons (Fsp3) is 0.829. The van der Waals surface area contributed by atoms with Gasteiger partial charge in [-0.2, -0.15) is 0 Å². The van der Waals surface area contributed by atoms with Gasteiger partial charge >= 0.3 is 19.8 Å². The lowest BCUT2D eigenvalue weighted by atomic mass is 10.1. The van der Waals surface area contributed by atoms with Crippen LogP contribution in [0, 0.1) is 0 Å². The molecule has 1 amide bonds. The van der Waals surface area contributed by atoms with Crippen LogP contribution in [-0.4, -0.2) is 64.9 Å². The maximum atomic E-state index is 12.2. The summed E-state index contributed by atoms with van der Waals surface area (Å²) in [7, 11) is -4.75. The highest BCUT2D eigenvalue weighted by Gasteiger charge is 2.28. The van der Waals surface area contributed by atoms with Crippen LogP contribution in [0.2, 0.25) is 0 Å². The Morgan fingerprint density at radius 3 is 1.57 bits per heavy atom. The van der Waals surface area contributed by atoms with Gasteiger partial charge in [0.1, 0.15) is 12.7 Å². The first kappa shape index (κ1) is 51.0. The lowest BCUT2D eigenvalue weighted by molar-refractivity contribution is -0.147. The van der Waals surface area contributed by atoms with Gasteiger partial charge in [-0.05, 0) is 44.9 Å². The van der Waals surface area contributed by atoms with E-state index in [2.05, 4.69) is 43.5 Å². The van der Waals surface area contributed by atoms with Crippen LogP contribution in [-0.2, 0) is 32.7 Å². The third-order valence-electron chi connectivity index (χ3n) is 8.99. The molecule has 0 aromatic rings. The molecule has 0 aliphatic rings. The van der Waals surface area contributed by atoms with Gasteiger partial charge in [-0.25, -0.2) is 9.36 Å². The zero-order chi connectivity index (χ0) is 39.3. The molecule has 0 fully saturated rings. The number of ether oxygens (including phenoxy) is 1. The van der Waals surface area contributed by atoms with Crippen molar-refractivity contribution in [2.24, 2.45) is 0 Å². The second-order valence-electron chi connectivity index (χ2n) is 14.2. The second-order valence-corrected chi connectivity index (χ2v) is 15.6. The number of esters is 1. The van der Waals surface area contributed by atoms with E-state index in [1.54, 1.807) is 0 Å². The predicted octanol–water partition coefficient (Wildman–Crippen LogP) is 10.3. The van der Waals surface area contributed by atoms with Crippen LogP contribution in [0.1, 0.15) is 187 Å². The van der Waals surface area contributed by atoms with E-state index in [0.29, 0.717) is 12.8 Å². The van der Waals surface area contributed by atoms with Crippen molar-refractivity contribution in [3.63, 3.8) is 0 Å². The van der Waals surface area contributed by atoms with E-state index >= 15 is 0 Å². The standard InChI is InChI=1S/C41H76NO10P/c1-3-5-7-9-11-13-15-16-17-18-19-20-21-22-23-25-27-29-31-33-40(45)50-34-37(43)35-51-53(48,49)52-36-38(41(46)47)42-39(44)32-30-28-26-24-14-12-10-8-6-4-2/h11,13,16-17,37-38,43H,3-10,12,14-15,18-36H2,1-2H3,(H,42,44)(H,46,47)(H,48,49)/b13-11-,17-16-. The largest absolute Gasteiger partial charge is 0.480 e. The van der Waals surface area contributed by atoms with Crippen LogP contribution >= 0.6 is 7.82 Å². The summed E-state index contributed by atoms with van der Waals surface area (Å²) >= 11 is 0. The molecule has 0 rings (SSSR count). The number of nitrogens with one attached hydrogen (secondary N) is 1. The first-order chi connectivity index (χ1) is 25.6. The number of carbonyl (C=O) groups is 3. The minimum atomic E-state index is -4.75. The van der Waals surface area contributed by atoms with Gasteiger partial charge in [0.25, 0.3) is 0 Å². The maximum absolute atomic E-state index is 12.2. The number of hydrogen-bond donors (Lipinski definition) is 4. The third-order valence-corrected chi connectivity index (χ3v) is 9.94. The Bertz CT molecular complexity index is 1010. The Balaban J connectivity index is 3.87. The number of aliphatic hydroxyl groups excluding tert-OH is 1. The highest BCUT2D eigenvalue weighted by molar-refractivity contribution is 7.47. The number of aliphatic hydroxyl groups is 1. The van der Waals surface area contributed by atoms with E-state index in [1.807, 2.05) is 0 Å². The van der Waals surface area contributed by atoms with Gasteiger partial charge in [-0.3, -0.25) is 18.6 Å². The van der Waals surface area contributed by atoms with E-state index in [1.165, 1.54) is 96.3 Å². The summed E-state index contributed by atoms with van der Waals surface area (Å²) in [6, 6.07) is -1.54. The molecule has 0 saturated carbocycles. The SMILES string of the molecule is CCCCC/C=C\C/C=C\CCCCCCCCCCCC(=O)OCC(O)COP(=O)(O)OCC(NC(=O)CCCCCCCCCCCC)C(=O)O. The molecule has 3 atom stereocenters. The molecule has 310 valence electrons. The molecule has 0 saturated heterocycles. The molecule has 0 bridgehead atoms. The molecule has 0 aliphatic carbocycles. The van der Waals surface area contributed by atoms with Crippen LogP contribution in [0.15, 0.2) is 24.3 Å². The van der Waals surface area contributed by atoms with Crippen molar-refractivity contribution in [1.29, 1.82) is 0 Å². The van der Waals surface area contributed by atoms with Crippen molar-refractivity contribution in [3.8, 4) is 0 Å². The van der Waals surface area contributed by atoms with E-state index in [4.69, 9.17) is 13.8 Å². The number of aliphatic carboxylic acids is 1. The normalized spacial score (nSPS) is 14.0. The topological polar surface area (TPSA) is 169 Å². The predicted molar refractivity (Wildman–Crippen MR) is 213 cm³/mol. The van der Waals surface area contributed by atoms with Gasteiger partial charge in [-0.15, -0.1) is 0 Å². The van der Waals surface area contributed by atoms with Crippen LogP contribution in [0.25, 0.3) is 0 Å². The highest BCUT2D eigenvalue weighted by atomic mass is 31.2. The number of phosphoric acid groups is 1. The number of unbranched alkanes of at least 4 members (excludes halogenated alkanes) is 21. The summed E-state index contributed by atoms with van der Waals surface area (Å²) in [4.78, 5) is 45.7. The van der Waals surface area contributed by atoms with Crippen molar-refractivity contribution in [2.45, 2.75) is 199 Å². The quantitative estimate of drug-likeness (QED) is 0.0204. The Kier molecular flexibility index (Phi) is 35.5. The lowest BCUT2D eigenvalue weighted by Crippen LogP contribution is -2.43. The van der Waals surface area contributed by atoms with Crippen molar-refractivity contribution >= 4 is 25.7 Å². The van der Waals surface area contributed by atoms with Crippen molar-refractivity contribution < 1.29 is 47.8 Å². The Hall–Kier alpha value is -2.04. The molecule has 0 aliphatic heterocycles. The number of phosphoric ester groups is 1. The molecule has 11 nitrogen and oxygen atoms in total. The summed E-state index contributed by atoms with van der Waals surface area (Å²) in [5, 5.41) is 21.7. The summed E-state index contributed by atoms with van der Waals surface area (Å²) in [5.74, 6) is -2.37. The molecule has 0 heterocycles. The van der Waals surface area contributed by atoms with E-state index in [0.717, 1.165) is 51.4 Å². The molecule has 0 aromatic carbocycles. The number of rotatable bonds is 39.